The SMILES string of the molecule is COC(=O)c1ccc(C#N)c(OS(=O)(=O)C(F)(F)F)c1. The average molecular weight is 309 g/mol. The smallest absolute Gasteiger partial charge is 0.465 e. The molecule has 0 heterocycles. The van der Waals surface area contributed by atoms with E-state index < -0.39 is 32.9 Å². The zero-order valence-electron chi connectivity index (χ0n) is 9.76. The standard InChI is InChI=1S/C10H6F3NO5S/c1-18-9(15)6-2-3-7(5-14)8(4-6)19-20(16,17)10(11,12)13/h2-4H,1H3. The predicted molar refractivity (Wildman–Crippen MR) is 58.1 cm³/mol. The van der Waals surface area contributed by atoms with Crippen molar-refractivity contribution in [1.82, 2.24) is 0 Å². The molecule has 108 valence electrons. The lowest BCUT2D eigenvalue weighted by Gasteiger charge is -2.11. The second-order valence-corrected chi connectivity index (χ2v) is 4.84. The van der Waals surface area contributed by atoms with E-state index in [1.54, 1.807) is 0 Å². The second kappa shape index (κ2) is 5.38. The lowest BCUT2D eigenvalue weighted by Crippen LogP contribution is -2.28. The molecule has 10 heteroatoms. The first kappa shape index (κ1) is 15.8. The molecule has 0 amide bonds. The van der Waals surface area contributed by atoms with Crippen molar-refractivity contribution in [3.05, 3.63) is 29.3 Å². The number of nitrogens with zero attached hydrogens (tertiary/aromatic N) is 1. The summed E-state index contributed by atoms with van der Waals surface area (Å²) in [5.41, 5.74) is -6.40. The van der Waals surface area contributed by atoms with Crippen LogP contribution in [0.15, 0.2) is 18.2 Å². The van der Waals surface area contributed by atoms with Crippen molar-refractivity contribution in [2.75, 3.05) is 7.11 Å². The molecule has 0 radical (unpaired) electrons. The fourth-order valence-electron chi connectivity index (χ4n) is 1.09. The van der Waals surface area contributed by atoms with Crippen LogP contribution >= 0.6 is 0 Å². The molecule has 0 fully saturated rings. The molecule has 1 aromatic carbocycles. The highest BCUT2D eigenvalue weighted by Crippen LogP contribution is 2.29. The second-order valence-electron chi connectivity index (χ2n) is 3.30. The molecule has 0 spiro atoms. The van der Waals surface area contributed by atoms with Crippen molar-refractivity contribution in [1.29, 1.82) is 5.26 Å². The molecule has 0 saturated heterocycles. The molecule has 1 aromatic rings. The Morgan fingerprint density at radius 3 is 2.40 bits per heavy atom. The Balaban J connectivity index is 3.31. The maximum absolute atomic E-state index is 12.2. The van der Waals surface area contributed by atoms with Crippen LogP contribution in [0.1, 0.15) is 15.9 Å². The number of alkyl halides is 3. The van der Waals surface area contributed by atoms with Crippen LogP contribution in [0, 0.1) is 11.3 Å². The number of carbonyl (C=O) groups is 1. The van der Waals surface area contributed by atoms with Crippen molar-refractivity contribution in [3.63, 3.8) is 0 Å². The van der Waals surface area contributed by atoms with Crippen LogP contribution in [0.4, 0.5) is 13.2 Å². The molecule has 0 aliphatic heterocycles. The van der Waals surface area contributed by atoms with Crippen molar-refractivity contribution < 1.29 is 35.3 Å². The molecule has 0 aromatic heterocycles. The highest BCUT2D eigenvalue weighted by Gasteiger charge is 2.48. The van der Waals surface area contributed by atoms with Gasteiger partial charge in [-0.15, -0.1) is 0 Å². The van der Waals surface area contributed by atoms with Gasteiger partial charge in [-0.1, -0.05) is 0 Å². The normalized spacial score (nSPS) is 11.6. The van der Waals surface area contributed by atoms with Crippen molar-refractivity contribution >= 4 is 16.1 Å². The number of rotatable bonds is 3. The number of nitriles is 1. The van der Waals surface area contributed by atoms with Gasteiger partial charge in [0.1, 0.15) is 6.07 Å². The molecule has 0 aliphatic rings. The summed E-state index contributed by atoms with van der Waals surface area (Å²) in [7, 11) is -4.91. The minimum Gasteiger partial charge on any atom is -0.465 e. The van der Waals surface area contributed by atoms with Crippen LogP contribution < -0.4 is 4.18 Å². The van der Waals surface area contributed by atoms with Gasteiger partial charge in [0.05, 0.1) is 18.2 Å². The van der Waals surface area contributed by atoms with E-state index in [1.165, 1.54) is 6.07 Å². The van der Waals surface area contributed by atoms with Gasteiger partial charge in [-0.25, -0.2) is 4.79 Å². The molecule has 0 N–H and O–H groups in total. The van der Waals surface area contributed by atoms with Gasteiger partial charge in [0, 0.05) is 0 Å². The minimum absolute atomic E-state index is 0.265. The summed E-state index contributed by atoms with van der Waals surface area (Å²) in [6, 6.07) is 4.14. The molecular formula is C10H6F3NO5S. The van der Waals surface area contributed by atoms with Gasteiger partial charge in [0.15, 0.2) is 5.75 Å². The highest BCUT2D eigenvalue weighted by molar-refractivity contribution is 7.88. The number of benzene rings is 1. The first-order chi connectivity index (χ1) is 9.12. The van der Waals surface area contributed by atoms with E-state index in [0.29, 0.717) is 6.07 Å². The largest absolute Gasteiger partial charge is 0.534 e. The number of hydrogen-bond donors (Lipinski definition) is 0. The maximum Gasteiger partial charge on any atom is 0.534 e. The summed E-state index contributed by atoms with van der Waals surface area (Å²) in [5.74, 6) is -1.84. The predicted octanol–water partition coefficient (Wildman–Crippen LogP) is 1.57. The highest BCUT2D eigenvalue weighted by atomic mass is 32.2. The zero-order valence-corrected chi connectivity index (χ0v) is 10.6. The lowest BCUT2D eigenvalue weighted by atomic mass is 10.1. The quantitative estimate of drug-likeness (QED) is 0.478. The molecule has 0 aliphatic carbocycles. The van der Waals surface area contributed by atoms with Crippen LogP contribution in [0.2, 0.25) is 0 Å². The van der Waals surface area contributed by atoms with Gasteiger partial charge >= 0.3 is 21.6 Å². The molecule has 0 bridgehead atoms. The summed E-state index contributed by atoms with van der Waals surface area (Å²) in [5, 5.41) is 8.68. The lowest BCUT2D eigenvalue weighted by molar-refractivity contribution is -0.0500. The third-order valence-electron chi connectivity index (χ3n) is 2.01. The van der Waals surface area contributed by atoms with Crippen LogP contribution in [0.3, 0.4) is 0 Å². The van der Waals surface area contributed by atoms with E-state index in [-0.39, 0.29) is 5.56 Å². The third kappa shape index (κ3) is 3.18. The molecule has 0 unspecified atom stereocenters. The van der Waals surface area contributed by atoms with Gasteiger partial charge in [-0.2, -0.15) is 26.9 Å². The minimum atomic E-state index is -5.94. The topological polar surface area (TPSA) is 93.5 Å². The van der Waals surface area contributed by atoms with E-state index in [9.17, 15) is 26.4 Å². The van der Waals surface area contributed by atoms with E-state index in [0.717, 1.165) is 19.2 Å². The van der Waals surface area contributed by atoms with Crippen molar-refractivity contribution in [2.45, 2.75) is 5.51 Å². The fourth-order valence-corrected chi connectivity index (χ4v) is 1.56. The van der Waals surface area contributed by atoms with Crippen LogP contribution in [0.25, 0.3) is 0 Å². The Morgan fingerprint density at radius 1 is 1.35 bits per heavy atom. The number of ether oxygens (including phenoxy) is 1. The first-order valence-corrected chi connectivity index (χ1v) is 6.16. The van der Waals surface area contributed by atoms with Gasteiger partial charge in [-0.05, 0) is 18.2 Å². The summed E-state index contributed by atoms with van der Waals surface area (Å²) in [4.78, 5) is 11.2. The fraction of sp³-hybridized carbons (Fsp3) is 0.200. The monoisotopic (exact) mass is 309 g/mol. The average Bonchev–Trinajstić information content (AvgIpc) is 2.36. The van der Waals surface area contributed by atoms with Crippen LogP contribution in [0.5, 0.6) is 5.75 Å². The molecule has 1 rings (SSSR count). The van der Waals surface area contributed by atoms with Gasteiger partial charge in [0.25, 0.3) is 0 Å². The van der Waals surface area contributed by atoms with E-state index in [2.05, 4.69) is 8.92 Å². The Morgan fingerprint density at radius 2 is 1.95 bits per heavy atom. The Bertz CT molecular complexity index is 675. The first-order valence-electron chi connectivity index (χ1n) is 4.75. The van der Waals surface area contributed by atoms with E-state index >= 15 is 0 Å². The van der Waals surface area contributed by atoms with Crippen LogP contribution in [-0.2, 0) is 14.9 Å². The Labute approximate surface area is 111 Å². The summed E-state index contributed by atoms with van der Waals surface area (Å²) in [6.45, 7) is 0. The molecule has 0 saturated carbocycles. The summed E-state index contributed by atoms with van der Waals surface area (Å²) < 4.78 is 66.5. The van der Waals surface area contributed by atoms with E-state index in [4.69, 9.17) is 5.26 Å². The van der Waals surface area contributed by atoms with Gasteiger partial charge in [-0.3, -0.25) is 0 Å². The van der Waals surface area contributed by atoms with Crippen molar-refractivity contribution in [2.24, 2.45) is 0 Å². The van der Waals surface area contributed by atoms with Gasteiger partial charge in [0.2, 0.25) is 0 Å². The number of esters is 1. The summed E-state index contributed by atoms with van der Waals surface area (Å²) >= 11 is 0. The molecule has 20 heavy (non-hydrogen) atoms. The number of hydrogen-bond acceptors (Lipinski definition) is 6. The van der Waals surface area contributed by atoms with Crippen molar-refractivity contribution in [3.8, 4) is 11.8 Å². The Hall–Kier alpha value is -2.28. The Kier molecular flexibility index (Phi) is 4.24. The number of carbonyl (C=O) groups excluding carboxylic acids is 1. The molecule has 6 nitrogen and oxygen atoms in total. The molecule has 0 atom stereocenters. The van der Waals surface area contributed by atoms with Crippen LogP contribution in [-0.4, -0.2) is 27.0 Å². The molecular weight excluding hydrogens is 303 g/mol. The summed E-state index contributed by atoms with van der Waals surface area (Å²) in [6.07, 6.45) is 0. The number of methoxy groups -OCH3 is 1. The van der Waals surface area contributed by atoms with E-state index in [1.807, 2.05) is 0 Å². The maximum atomic E-state index is 12.2. The van der Waals surface area contributed by atoms with Gasteiger partial charge < -0.3 is 8.92 Å². The third-order valence-corrected chi connectivity index (χ3v) is 2.97. The number of halogens is 3. The zero-order chi connectivity index (χ0) is 15.6.